The Balaban J connectivity index is 2.59. The molecule has 4 heteroatoms. The van der Waals surface area contributed by atoms with Gasteiger partial charge in [-0.2, -0.15) is 5.26 Å². The second-order valence-corrected chi connectivity index (χ2v) is 3.58. The van der Waals surface area contributed by atoms with E-state index in [-0.39, 0.29) is 5.57 Å². The number of hydrogen-bond donors (Lipinski definition) is 0. The Kier molecular flexibility index (Phi) is 3.35. The van der Waals surface area contributed by atoms with Gasteiger partial charge < -0.3 is 4.74 Å². The van der Waals surface area contributed by atoms with Crippen LogP contribution in [0.1, 0.15) is 5.56 Å². The summed E-state index contributed by atoms with van der Waals surface area (Å²) in [7, 11) is 1.25. The predicted octanol–water partition coefficient (Wildman–Crippen LogP) is 2.31. The first-order valence-electron chi connectivity index (χ1n) is 5.30. The van der Waals surface area contributed by atoms with Gasteiger partial charge >= 0.3 is 5.97 Å². The Bertz CT molecular complexity index is 664. The van der Waals surface area contributed by atoms with Gasteiger partial charge in [0.05, 0.1) is 12.6 Å². The Hall–Kier alpha value is -2.67. The van der Waals surface area contributed by atoms with Gasteiger partial charge in [-0.15, -0.1) is 0 Å². The number of rotatable bonds is 2. The third-order valence-electron chi connectivity index (χ3n) is 2.51. The summed E-state index contributed by atoms with van der Waals surface area (Å²) in [6.45, 7) is 0. The van der Waals surface area contributed by atoms with Gasteiger partial charge in [-0.1, -0.05) is 18.2 Å². The molecular weight excluding hydrogens is 228 g/mol. The van der Waals surface area contributed by atoms with E-state index in [2.05, 4.69) is 9.72 Å². The van der Waals surface area contributed by atoms with Gasteiger partial charge in [0, 0.05) is 11.6 Å². The van der Waals surface area contributed by atoms with Crippen molar-refractivity contribution in [2.45, 2.75) is 0 Å². The fourth-order valence-corrected chi connectivity index (χ4v) is 1.65. The van der Waals surface area contributed by atoms with E-state index in [1.807, 2.05) is 30.3 Å². The normalized spacial score (nSPS) is 11.0. The molecule has 0 amide bonds. The maximum absolute atomic E-state index is 11.4. The number of esters is 1. The lowest BCUT2D eigenvalue weighted by atomic mass is 10.1. The molecule has 88 valence electrons. The van der Waals surface area contributed by atoms with Gasteiger partial charge in [-0.3, -0.25) is 4.98 Å². The molecular formula is C14H10N2O2. The van der Waals surface area contributed by atoms with Crippen molar-refractivity contribution in [3.05, 3.63) is 47.7 Å². The molecule has 2 aromatic rings. The van der Waals surface area contributed by atoms with Crippen molar-refractivity contribution in [1.29, 1.82) is 5.26 Å². The molecule has 0 unspecified atom stereocenters. The van der Waals surface area contributed by atoms with E-state index in [1.165, 1.54) is 13.2 Å². The van der Waals surface area contributed by atoms with E-state index in [0.717, 1.165) is 16.5 Å². The summed E-state index contributed by atoms with van der Waals surface area (Å²) in [4.78, 5) is 15.6. The summed E-state index contributed by atoms with van der Waals surface area (Å²) >= 11 is 0. The van der Waals surface area contributed by atoms with E-state index in [1.54, 1.807) is 12.3 Å². The van der Waals surface area contributed by atoms with Crippen molar-refractivity contribution in [2.75, 3.05) is 7.11 Å². The Morgan fingerprint density at radius 2 is 2.17 bits per heavy atom. The number of methoxy groups -OCH3 is 1. The van der Waals surface area contributed by atoms with Crippen LogP contribution in [0.15, 0.2) is 42.1 Å². The quantitative estimate of drug-likeness (QED) is 0.457. The van der Waals surface area contributed by atoms with Crippen molar-refractivity contribution in [3.8, 4) is 6.07 Å². The van der Waals surface area contributed by atoms with Gasteiger partial charge in [0.15, 0.2) is 0 Å². The standard InChI is InChI=1S/C14H10N2O2/c1-18-14(17)11(9-15)8-10-6-7-16-13-5-3-2-4-12(10)13/h2-8H,1H3. The lowest BCUT2D eigenvalue weighted by molar-refractivity contribution is -0.135. The van der Waals surface area contributed by atoms with Crippen LogP contribution in [0.3, 0.4) is 0 Å². The second kappa shape index (κ2) is 5.11. The molecule has 0 atom stereocenters. The van der Waals surface area contributed by atoms with Gasteiger partial charge in [-0.25, -0.2) is 4.79 Å². The second-order valence-electron chi connectivity index (χ2n) is 3.58. The van der Waals surface area contributed by atoms with Crippen LogP contribution in [-0.2, 0) is 9.53 Å². The van der Waals surface area contributed by atoms with E-state index < -0.39 is 5.97 Å². The molecule has 1 heterocycles. The van der Waals surface area contributed by atoms with Gasteiger partial charge in [0.1, 0.15) is 11.6 Å². The third-order valence-corrected chi connectivity index (χ3v) is 2.51. The molecule has 0 radical (unpaired) electrons. The highest BCUT2D eigenvalue weighted by atomic mass is 16.5. The largest absolute Gasteiger partial charge is 0.465 e. The van der Waals surface area contributed by atoms with Crippen LogP contribution >= 0.6 is 0 Å². The third kappa shape index (κ3) is 2.20. The van der Waals surface area contributed by atoms with Gasteiger partial charge in [0.25, 0.3) is 0 Å². The molecule has 1 aromatic carbocycles. The number of carbonyl (C=O) groups excluding carboxylic acids is 1. The molecule has 0 aliphatic heterocycles. The fraction of sp³-hybridized carbons (Fsp3) is 0.0714. The van der Waals surface area contributed by atoms with Crippen LogP contribution in [0.25, 0.3) is 17.0 Å². The Morgan fingerprint density at radius 3 is 2.89 bits per heavy atom. The smallest absolute Gasteiger partial charge is 0.348 e. The molecule has 0 aliphatic carbocycles. The zero-order valence-electron chi connectivity index (χ0n) is 9.75. The van der Waals surface area contributed by atoms with Crippen LogP contribution in [0.2, 0.25) is 0 Å². The number of fused-ring (bicyclic) bond motifs is 1. The number of ether oxygens (including phenoxy) is 1. The van der Waals surface area contributed by atoms with E-state index in [0.29, 0.717) is 0 Å². The Labute approximate surface area is 104 Å². The van der Waals surface area contributed by atoms with E-state index in [4.69, 9.17) is 5.26 Å². The zero-order chi connectivity index (χ0) is 13.0. The fourth-order valence-electron chi connectivity index (χ4n) is 1.65. The maximum atomic E-state index is 11.4. The minimum atomic E-state index is -0.640. The van der Waals surface area contributed by atoms with E-state index >= 15 is 0 Å². The first kappa shape index (κ1) is 11.8. The summed E-state index contributed by atoms with van der Waals surface area (Å²) in [5.41, 5.74) is 1.55. The minimum Gasteiger partial charge on any atom is -0.465 e. The average Bonchev–Trinajstić information content (AvgIpc) is 2.44. The van der Waals surface area contributed by atoms with Crippen molar-refractivity contribution < 1.29 is 9.53 Å². The molecule has 2 rings (SSSR count). The summed E-state index contributed by atoms with van der Waals surface area (Å²) < 4.78 is 4.54. The van der Waals surface area contributed by atoms with Crippen molar-refractivity contribution >= 4 is 22.9 Å². The number of benzene rings is 1. The predicted molar refractivity (Wildman–Crippen MR) is 67.3 cm³/mol. The Morgan fingerprint density at radius 1 is 1.39 bits per heavy atom. The number of nitrogens with zero attached hydrogens (tertiary/aromatic N) is 2. The highest BCUT2D eigenvalue weighted by Crippen LogP contribution is 2.19. The molecule has 18 heavy (non-hydrogen) atoms. The number of hydrogen-bond acceptors (Lipinski definition) is 4. The summed E-state index contributed by atoms with van der Waals surface area (Å²) in [6.07, 6.45) is 3.15. The number of pyridine rings is 1. The molecule has 0 N–H and O–H groups in total. The lowest BCUT2D eigenvalue weighted by Gasteiger charge is -2.02. The molecule has 0 aliphatic rings. The van der Waals surface area contributed by atoms with Crippen molar-refractivity contribution in [1.82, 2.24) is 4.98 Å². The number of para-hydroxylation sites is 1. The van der Waals surface area contributed by atoms with Crippen LogP contribution < -0.4 is 0 Å². The number of nitriles is 1. The number of aromatic nitrogens is 1. The topological polar surface area (TPSA) is 63.0 Å². The van der Waals surface area contributed by atoms with Crippen LogP contribution in [0, 0.1) is 11.3 Å². The summed E-state index contributed by atoms with van der Waals surface area (Å²) in [5, 5.41) is 9.81. The zero-order valence-corrected chi connectivity index (χ0v) is 9.75. The van der Waals surface area contributed by atoms with Crippen LogP contribution in [0.5, 0.6) is 0 Å². The first-order chi connectivity index (χ1) is 8.76. The molecule has 0 spiro atoms. The summed E-state index contributed by atoms with van der Waals surface area (Å²) in [5.74, 6) is -0.640. The minimum absolute atomic E-state index is 0.0335. The monoisotopic (exact) mass is 238 g/mol. The lowest BCUT2D eigenvalue weighted by Crippen LogP contribution is -2.02. The first-order valence-corrected chi connectivity index (χ1v) is 5.30. The molecule has 1 aromatic heterocycles. The molecule has 4 nitrogen and oxygen atoms in total. The van der Waals surface area contributed by atoms with Gasteiger partial charge in [0.2, 0.25) is 0 Å². The molecule has 0 fully saturated rings. The molecule has 0 saturated heterocycles. The maximum Gasteiger partial charge on any atom is 0.348 e. The van der Waals surface area contributed by atoms with Crippen molar-refractivity contribution in [2.24, 2.45) is 0 Å². The summed E-state index contributed by atoms with van der Waals surface area (Å²) in [6, 6.07) is 11.1. The highest BCUT2D eigenvalue weighted by molar-refractivity contribution is 6.00. The molecule has 0 saturated carbocycles. The van der Waals surface area contributed by atoms with Crippen molar-refractivity contribution in [3.63, 3.8) is 0 Å². The average molecular weight is 238 g/mol. The van der Waals surface area contributed by atoms with Crippen LogP contribution in [0.4, 0.5) is 0 Å². The highest BCUT2D eigenvalue weighted by Gasteiger charge is 2.09. The van der Waals surface area contributed by atoms with Gasteiger partial charge in [-0.05, 0) is 23.8 Å². The SMILES string of the molecule is COC(=O)C(C#N)=Cc1ccnc2ccccc12. The molecule has 0 bridgehead atoms. The van der Waals surface area contributed by atoms with E-state index in [9.17, 15) is 4.79 Å². The number of carbonyl (C=O) groups is 1. The van der Waals surface area contributed by atoms with Crippen LogP contribution in [-0.4, -0.2) is 18.1 Å².